The first-order valence-electron chi connectivity index (χ1n) is 4.57. The van der Waals surface area contributed by atoms with E-state index in [9.17, 15) is 4.79 Å². The van der Waals surface area contributed by atoms with Crippen LogP contribution in [0.3, 0.4) is 0 Å². The Kier molecular flexibility index (Phi) is 2.02. The van der Waals surface area contributed by atoms with E-state index < -0.39 is 0 Å². The topological polar surface area (TPSA) is 67.2 Å². The third-order valence-corrected chi connectivity index (χ3v) is 2.77. The van der Waals surface area contributed by atoms with Crippen LogP contribution in [0, 0.1) is 5.92 Å². The summed E-state index contributed by atoms with van der Waals surface area (Å²) in [6.45, 7) is 0. The lowest BCUT2D eigenvalue weighted by Crippen LogP contribution is -2.61. The fourth-order valence-corrected chi connectivity index (χ4v) is 2.04. The van der Waals surface area contributed by atoms with E-state index in [1.54, 1.807) is 0 Å². The van der Waals surface area contributed by atoms with Crippen LogP contribution in [0.4, 0.5) is 0 Å². The molecule has 0 radical (unpaired) electrons. The highest BCUT2D eigenvalue weighted by molar-refractivity contribution is 5.77. The second kappa shape index (κ2) is 3.03. The van der Waals surface area contributed by atoms with Gasteiger partial charge in [0.15, 0.2) is 0 Å². The van der Waals surface area contributed by atoms with Crippen LogP contribution >= 0.6 is 0 Å². The standard InChI is InChI=1S/C8H15N3O/c9-6-3-1-5-2-4-7(12)11-8(5)10-6/h5-6,8,10H,1-4,9H2,(H,11,12). The van der Waals surface area contributed by atoms with Gasteiger partial charge in [-0.25, -0.2) is 0 Å². The average molecular weight is 169 g/mol. The minimum absolute atomic E-state index is 0.0599. The first kappa shape index (κ1) is 8.01. The van der Waals surface area contributed by atoms with Crippen LogP contribution < -0.4 is 16.4 Å². The molecule has 2 fully saturated rings. The molecule has 12 heavy (non-hydrogen) atoms. The maximum absolute atomic E-state index is 11.0. The van der Waals surface area contributed by atoms with Gasteiger partial charge in [-0.05, 0) is 25.2 Å². The number of hydrogen-bond acceptors (Lipinski definition) is 3. The molecule has 3 atom stereocenters. The highest BCUT2D eigenvalue weighted by Gasteiger charge is 2.32. The number of carbonyl (C=O) groups is 1. The van der Waals surface area contributed by atoms with E-state index in [1.165, 1.54) is 0 Å². The number of amides is 1. The molecule has 4 nitrogen and oxygen atoms in total. The molecule has 4 N–H and O–H groups in total. The summed E-state index contributed by atoms with van der Waals surface area (Å²) in [5.74, 6) is 0.750. The molecule has 4 heteroatoms. The third kappa shape index (κ3) is 1.44. The molecule has 0 aromatic heterocycles. The van der Waals surface area contributed by atoms with Crippen LogP contribution in [0.1, 0.15) is 25.7 Å². The van der Waals surface area contributed by atoms with Gasteiger partial charge in [-0.2, -0.15) is 0 Å². The van der Waals surface area contributed by atoms with E-state index in [2.05, 4.69) is 10.6 Å². The number of hydrogen-bond donors (Lipinski definition) is 3. The van der Waals surface area contributed by atoms with Crippen molar-refractivity contribution in [3.8, 4) is 0 Å². The molecule has 0 saturated carbocycles. The van der Waals surface area contributed by atoms with Crippen molar-refractivity contribution >= 4 is 5.91 Å². The quantitative estimate of drug-likeness (QED) is 0.458. The van der Waals surface area contributed by atoms with Crippen LogP contribution in [-0.2, 0) is 4.79 Å². The number of nitrogens with two attached hydrogens (primary N) is 1. The van der Waals surface area contributed by atoms with Gasteiger partial charge >= 0.3 is 0 Å². The van der Waals surface area contributed by atoms with Crippen LogP contribution in [0.25, 0.3) is 0 Å². The number of nitrogens with one attached hydrogen (secondary N) is 2. The first-order valence-corrected chi connectivity index (χ1v) is 4.57. The molecule has 2 aliphatic heterocycles. The number of rotatable bonds is 0. The fraction of sp³-hybridized carbons (Fsp3) is 0.875. The molecule has 0 spiro atoms. The molecule has 2 heterocycles. The average Bonchev–Trinajstić information content (AvgIpc) is 2.03. The zero-order valence-corrected chi connectivity index (χ0v) is 7.05. The largest absolute Gasteiger partial charge is 0.340 e. The molecule has 1 amide bonds. The number of fused-ring (bicyclic) bond motifs is 1. The molecule has 2 rings (SSSR count). The molecule has 2 aliphatic rings. The summed E-state index contributed by atoms with van der Waals surface area (Å²) >= 11 is 0. The smallest absolute Gasteiger partial charge is 0.221 e. The van der Waals surface area contributed by atoms with E-state index in [0.717, 1.165) is 19.3 Å². The maximum atomic E-state index is 11.0. The third-order valence-electron chi connectivity index (χ3n) is 2.77. The van der Waals surface area contributed by atoms with Crippen LogP contribution in [0.2, 0.25) is 0 Å². The Balaban J connectivity index is 1.99. The lowest BCUT2D eigenvalue weighted by Gasteiger charge is -2.39. The summed E-state index contributed by atoms with van der Waals surface area (Å²) in [7, 11) is 0. The van der Waals surface area contributed by atoms with Crippen LogP contribution in [0.5, 0.6) is 0 Å². The van der Waals surface area contributed by atoms with Crippen molar-refractivity contribution in [3.05, 3.63) is 0 Å². The summed E-state index contributed by atoms with van der Waals surface area (Å²) in [4.78, 5) is 11.0. The molecule has 0 aromatic carbocycles. The monoisotopic (exact) mass is 169 g/mol. The fourth-order valence-electron chi connectivity index (χ4n) is 2.04. The molecule has 2 saturated heterocycles. The minimum atomic E-state index is 0.0599. The second-order valence-corrected chi connectivity index (χ2v) is 3.69. The van der Waals surface area contributed by atoms with Crippen molar-refractivity contribution in [3.63, 3.8) is 0 Å². The summed E-state index contributed by atoms with van der Waals surface area (Å²) in [5, 5.41) is 6.11. The number of carbonyl (C=O) groups excluding carboxylic acids is 1. The molecule has 0 aliphatic carbocycles. The molecular formula is C8H15N3O. The lowest BCUT2D eigenvalue weighted by atomic mass is 9.87. The molecule has 68 valence electrons. The summed E-state index contributed by atoms with van der Waals surface area (Å²) in [6.07, 6.45) is 4.05. The normalized spacial score (nSPS) is 41.8. The minimum Gasteiger partial charge on any atom is -0.340 e. The zero-order chi connectivity index (χ0) is 8.55. The van der Waals surface area contributed by atoms with Crippen LogP contribution in [0.15, 0.2) is 0 Å². The van der Waals surface area contributed by atoms with Crippen molar-refractivity contribution in [2.75, 3.05) is 0 Å². The van der Waals surface area contributed by atoms with Gasteiger partial charge in [-0.3, -0.25) is 10.1 Å². The van der Waals surface area contributed by atoms with Gasteiger partial charge in [-0.15, -0.1) is 0 Å². The highest BCUT2D eigenvalue weighted by Crippen LogP contribution is 2.24. The predicted octanol–water partition coefficient (Wildman–Crippen LogP) is -0.493. The summed E-state index contributed by atoms with van der Waals surface area (Å²) < 4.78 is 0. The first-order chi connectivity index (χ1) is 5.75. The summed E-state index contributed by atoms with van der Waals surface area (Å²) in [5.41, 5.74) is 5.72. The van der Waals surface area contributed by atoms with Crippen molar-refractivity contribution in [2.24, 2.45) is 11.7 Å². The Bertz CT molecular complexity index is 195. The van der Waals surface area contributed by atoms with E-state index in [0.29, 0.717) is 12.3 Å². The van der Waals surface area contributed by atoms with Crippen molar-refractivity contribution < 1.29 is 4.79 Å². The Hall–Kier alpha value is -0.610. The van der Waals surface area contributed by atoms with Gasteiger partial charge in [0, 0.05) is 6.42 Å². The predicted molar refractivity (Wildman–Crippen MR) is 45.0 cm³/mol. The van der Waals surface area contributed by atoms with Gasteiger partial charge in [0.25, 0.3) is 0 Å². The molecule has 0 bridgehead atoms. The Morgan fingerprint density at radius 3 is 3.00 bits per heavy atom. The van der Waals surface area contributed by atoms with Gasteiger partial charge in [0.2, 0.25) is 5.91 Å². The van der Waals surface area contributed by atoms with Gasteiger partial charge in [0.1, 0.15) is 0 Å². The van der Waals surface area contributed by atoms with E-state index in [4.69, 9.17) is 5.73 Å². The van der Waals surface area contributed by atoms with Gasteiger partial charge in [-0.1, -0.05) is 0 Å². The molecular weight excluding hydrogens is 154 g/mol. The van der Waals surface area contributed by atoms with Crippen LogP contribution in [-0.4, -0.2) is 18.2 Å². The van der Waals surface area contributed by atoms with Crippen molar-refractivity contribution in [1.82, 2.24) is 10.6 Å². The van der Waals surface area contributed by atoms with E-state index >= 15 is 0 Å². The lowest BCUT2D eigenvalue weighted by molar-refractivity contribution is -0.125. The van der Waals surface area contributed by atoms with E-state index in [-0.39, 0.29) is 18.2 Å². The Morgan fingerprint density at radius 2 is 2.17 bits per heavy atom. The highest BCUT2D eigenvalue weighted by atomic mass is 16.1. The van der Waals surface area contributed by atoms with Gasteiger partial charge < -0.3 is 11.1 Å². The Morgan fingerprint density at radius 1 is 1.33 bits per heavy atom. The number of piperidine rings is 2. The maximum Gasteiger partial charge on any atom is 0.221 e. The SMILES string of the molecule is NC1CCC2CCC(=O)NC2N1. The van der Waals surface area contributed by atoms with E-state index in [1.807, 2.05) is 0 Å². The molecule has 0 aromatic rings. The summed E-state index contributed by atoms with van der Waals surface area (Å²) in [6, 6.07) is 0. The zero-order valence-electron chi connectivity index (χ0n) is 7.05. The van der Waals surface area contributed by atoms with Crippen molar-refractivity contribution in [2.45, 2.75) is 38.0 Å². The second-order valence-electron chi connectivity index (χ2n) is 3.69. The Labute approximate surface area is 71.9 Å². The molecule has 3 unspecified atom stereocenters. The van der Waals surface area contributed by atoms with Gasteiger partial charge in [0.05, 0.1) is 12.3 Å². The van der Waals surface area contributed by atoms with Crippen molar-refractivity contribution in [1.29, 1.82) is 0 Å².